The fourth-order valence-electron chi connectivity index (χ4n) is 3.39. The largest absolute Gasteiger partial charge is 0.486 e. The Bertz CT molecular complexity index is 1060. The van der Waals surface area contributed by atoms with E-state index in [9.17, 15) is 0 Å². The first kappa shape index (κ1) is 21.6. The Balaban J connectivity index is 1.64. The van der Waals surface area contributed by atoms with Crippen molar-refractivity contribution in [2.45, 2.75) is 37.2 Å². The van der Waals surface area contributed by atoms with Crippen molar-refractivity contribution in [3.63, 3.8) is 0 Å². The molecule has 0 unspecified atom stereocenters. The van der Waals surface area contributed by atoms with Crippen LogP contribution in [0.15, 0.2) is 40.4 Å². The zero-order chi connectivity index (χ0) is 21.3. The number of nitrogens with two attached hydrogens (primary N) is 1. The lowest BCUT2D eigenvalue weighted by Crippen LogP contribution is -2.29. The Morgan fingerprint density at radius 3 is 2.67 bits per heavy atom. The number of halogens is 1. The molecular weight excluding hydrogens is 511 g/mol. The van der Waals surface area contributed by atoms with Gasteiger partial charge in [-0.2, -0.15) is 0 Å². The van der Waals surface area contributed by atoms with E-state index >= 15 is 0 Å². The zero-order valence-electron chi connectivity index (χ0n) is 17.5. The van der Waals surface area contributed by atoms with E-state index in [1.165, 1.54) is 0 Å². The standard InChI is InChI=1S/C22H27IN4O2S/c1-22(2,3)13-25-6-7-27-16-4-5-26-21(24)14(16)10-20(27)30-19-12-18-17(11-15(19)23)28-8-9-29-18/h4-5,10-12,25H,6-9,13H2,1-3H3,(H2,24,26). The molecule has 30 heavy (non-hydrogen) atoms. The first-order valence-electron chi connectivity index (χ1n) is 10.0. The summed E-state index contributed by atoms with van der Waals surface area (Å²) in [4.78, 5) is 5.41. The minimum atomic E-state index is 0.256. The fraction of sp³-hybridized carbons (Fsp3) is 0.409. The van der Waals surface area contributed by atoms with Gasteiger partial charge >= 0.3 is 0 Å². The van der Waals surface area contributed by atoms with Gasteiger partial charge in [0.05, 0.1) is 10.5 Å². The van der Waals surface area contributed by atoms with E-state index in [2.05, 4.69) is 70.4 Å². The van der Waals surface area contributed by atoms with Crippen LogP contribution in [0.3, 0.4) is 0 Å². The number of pyridine rings is 1. The summed E-state index contributed by atoms with van der Waals surface area (Å²) in [6.07, 6.45) is 1.78. The SMILES string of the molecule is CC(C)(C)CNCCn1c(Sc2cc3c(cc2I)OCCO3)cc2c(N)nccc21. The van der Waals surface area contributed by atoms with Gasteiger partial charge in [0, 0.05) is 39.7 Å². The number of nitrogens with zero attached hydrogens (tertiary/aromatic N) is 2. The Hall–Kier alpha value is -1.65. The van der Waals surface area contributed by atoms with E-state index in [0.29, 0.717) is 19.0 Å². The van der Waals surface area contributed by atoms with Gasteiger partial charge in [-0.3, -0.25) is 0 Å². The summed E-state index contributed by atoms with van der Waals surface area (Å²) in [5, 5.41) is 5.70. The van der Waals surface area contributed by atoms with Crippen molar-refractivity contribution in [2.75, 3.05) is 32.0 Å². The minimum Gasteiger partial charge on any atom is -0.486 e. The number of fused-ring (bicyclic) bond motifs is 2. The molecule has 4 rings (SSSR count). The van der Waals surface area contributed by atoms with Crippen molar-refractivity contribution in [3.05, 3.63) is 34.0 Å². The average molecular weight is 538 g/mol. The normalized spacial score (nSPS) is 13.7. The number of rotatable bonds is 6. The molecule has 8 heteroatoms. The summed E-state index contributed by atoms with van der Waals surface area (Å²) in [5.41, 5.74) is 7.54. The molecule has 0 bridgehead atoms. The number of aromatic nitrogens is 2. The summed E-state index contributed by atoms with van der Waals surface area (Å²) in [7, 11) is 0. The van der Waals surface area contributed by atoms with E-state index in [1.807, 2.05) is 12.1 Å². The van der Waals surface area contributed by atoms with Gasteiger partial charge in [-0.05, 0) is 52.3 Å². The Kier molecular flexibility index (Phi) is 6.36. The maximum absolute atomic E-state index is 6.18. The second-order valence-corrected chi connectivity index (χ2v) is 10.8. The van der Waals surface area contributed by atoms with E-state index in [0.717, 1.165) is 55.5 Å². The van der Waals surface area contributed by atoms with E-state index in [1.54, 1.807) is 18.0 Å². The maximum atomic E-state index is 6.18. The second kappa shape index (κ2) is 8.84. The Morgan fingerprint density at radius 1 is 1.20 bits per heavy atom. The third kappa shape index (κ3) is 4.81. The molecule has 1 aromatic carbocycles. The van der Waals surface area contributed by atoms with E-state index in [4.69, 9.17) is 15.2 Å². The lowest BCUT2D eigenvalue weighted by molar-refractivity contribution is 0.171. The van der Waals surface area contributed by atoms with Crippen LogP contribution in [0.5, 0.6) is 11.5 Å². The van der Waals surface area contributed by atoms with Gasteiger partial charge in [0.1, 0.15) is 19.0 Å². The highest BCUT2D eigenvalue weighted by Gasteiger charge is 2.18. The van der Waals surface area contributed by atoms with Crippen LogP contribution in [0, 0.1) is 8.99 Å². The van der Waals surface area contributed by atoms with Crippen molar-refractivity contribution in [3.8, 4) is 11.5 Å². The number of hydrogen-bond acceptors (Lipinski definition) is 6. The van der Waals surface area contributed by atoms with Crippen LogP contribution in [-0.2, 0) is 6.54 Å². The molecule has 0 saturated carbocycles. The van der Waals surface area contributed by atoms with Crippen LogP contribution in [-0.4, -0.2) is 35.9 Å². The van der Waals surface area contributed by atoms with Crippen molar-refractivity contribution in [1.82, 2.24) is 14.9 Å². The minimum absolute atomic E-state index is 0.256. The molecule has 2 aromatic heterocycles. The van der Waals surface area contributed by atoms with Gasteiger partial charge in [0.15, 0.2) is 11.5 Å². The van der Waals surface area contributed by atoms with Gasteiger partial charge in [-0.1, -0.05) is 32.5 Å². The summed E-state index contributed by atoms with van der Waals surface area (Å²) in [6.45, 7) is 10.6. The molecular formula is C22H27IN4O2S. The van der Waals surface area contributed by atoms with Gasteiger partial charge in [0.25, 0.3) is 0 Å². The highest BCUT2D eigenvalue weighted by Crippen LogP contribution is 2.42. The molecule has 0 saturated heterocycles. The molecule has 0 fully saturated rings. The smallest absolute Gasteiger partial charge is 0.162 e. The van der Waals surface area contributed by atoms with Gasteiger partial charge in [-0.15, -0.1) is 0 Å². The highest BCUT2D eigenvalue weighted by molar-refractivity contribution is 14.1. The maximum Gasteiger partial charge on any atom is 0.162 e. The summed E-state index contributed by atoms with van der Waals surface area (Å²) >= 11 is 4.08. The number of benzene rings is 1. The lowest BCUT2D eigenvalue weighted by Gasteiger charge is -2.20. The highest BCUT2D eigenvalue weighted by atomic mass is 127. The second-order valence-electron chi connectivity index (χ2n) is 8.53. The molecule has 6 nitrogen and oxygen atoms in total. The molecule has 1 aliphatic rings. The van der Waals surface area contributed by atoms with Crippen LogP contribution in [0.1, 0.15) is 20.8 Å². The summed E-state index contributed by atoms with van der Waals surface area (Å²) in [6, 6.07) is 8.29. The lowest BCUT2D eigenvalue weighted by atomic mass is 9.97. The molecule has 160 valence electrons. The first-order chi connectivity index (χ1) is 14.3. The van der Waals surface area contributed by atoms with Crippen LogP contribution in [0.25, 0.3) is 10.9 Å². The summed E-state index contributed by atoms with van der Waals surface area (Å²) < 4.78 is 15.0. The van der Waals surface area contributed by atoms with Gasteiger partial charge in [-0.25, -0.2) is 4.98 Å². The van der Waals surface area contributed by atoms with Crippen molar-refractivity contribution in [2.24, 2.45) is 5.41 Å². The van der Waals surface area contributed by atoms with E-state index < -0.39 is 0 Å². The molecule has 0 radical (unpaired) electrons. The Labute approximate surface area is 195 Å². The molecule has 0 aliphatic carbocycles. The molecule has 0 spiro atoms. The Morgan fingerprint density at radius 2 is 1.93 bits per heavy atom. The number of hydrogen-bond donors (Lipinski definition) is 2. The average Bonchev–Trinajstić information content (AvgIpc) is 3.04. The number of nitrogens with one attached hydrogen (secondary N) is 1. The van der Waals surface area contributed by atoms with Crippen LogP contribution in [0.2, 0.25) is 0 Å². The van der Waals surface area contributed by atoms with Gasteiger partial charge in [0.2, 0.25) is 0 Å². The van der Waals surface area contributed by atoms with Crippen molar-refractivity contribution >= 4 is 51.1 Å². The molecule has 0 atom stereocenters. The van der Waals surface area contributed by atoms with Crippen LogP contribution < -0.4 is 20.5 Å². The first-order valence-corrected chi connectivity index (χ1v) is 11.9. The van der Waals surface area contributed by atoms with Crippen molar-refractivity contribution in [1.29, 1.82) is 0 Å². The quantitative estimate of drug-likeness (QED) is 0.348. The predicted octanol–water partition coefficient (Wildman–Crippen LogP) is 4.78. The van der Waals surface area contributed by atoms with Crippen LogP contribution in [0.4, 0.5) is 5.82 Å². The van der Waals surface area contributed by atoms with Crippen LogP contribution >= 0.6 is 34.4 Å². The predicted molar refractivity (Wildman–Crippen MR) is 131 cm³/mol. The topological polar surface area (TPSA) is 74.3 Å². The number of anilines is 1. The van der Waals surface area contributed by atoms with Crippen molar-refractivity contribution < 1.29 is 9.47 Å². The van der Waals surface area contributed by atoms with Gasteiger partial charge < -0.3 is 25.1 Å². The molecule has 1 aliphatic heterocycles. The zero-order valence-corrected chi connectivity index (χ0v) is 20.5. The fourth-order valence-corrected chi connectivity index (χ4v) is 5.18. The van der Waals surface area contributed by atoms with E-state index in [-0.39, 0.29) is 5.41 Å². The third-order valence-electron chi connectivity index (χ3n) is 4.80. The third-order valence-corrected chi connectivity index (χ3v) is 7.16. The summed E-state index contributed by atoms with van der Waals surface area (Å²) in [5.74, 6) is 2.18. The molecule has 3 aromatic rings. The molecule has 3 N–H and O–H groups in total. The number of ether oxygens (including phenoxy) is 2. The monoisotopic (exact) mass is 538 g/mol. The number of nitrogen functional groups attached to an aromatic ring is 1. The molecule has 0 amide bonds. The molecule has 3 heterocycles.